The SMILES string of the molecule is CC(C)c1nc(CNS(=O)(=O)N2CCN(C)CC2)no1. The molecular weight excluding hydrogens is 282 g/mol. The number of rotatable bonds is 5. The largest absolute Gasteiger partial charge is 0.339 e. The van der Waals surface area contributed by atoms with Gasteiger partial charge < -0.3 is 9.42 Å². The molecule has 1 aliphatic rings. The summed E-state index contributed by atoms with van der Waals surface area (Å²) in [5.74, 6) is 0.996. The first-order chi connectivity index (χ1) is 9.38. The molecule has 0 radical (unpaired) electrons. The van der Waals surface area contributed by atoms with Gasteiger partial charge in [0.1, 0.15) is 0 Å². The van der Waals surface area contributed by atoms with Crippen molar-refractivity contribution in [1.29, 1.82) is 0 Å². The third kappa shape index (κ3) is 3.75. The normalized spacial score (nSPS) is 18.8. The van der Waals surface area contributed by atoms with E-state index >= 15 is 0 Å². The van der Waals surface area contributed by atoms with Crippen LogP contribution in [0.5, 0.6) is 0 Å². The number of hydrogen-bond donors (Lipinski definition) is 1. The molecule has 8 nitrogen and oxygen atoms in total. The van der Waals surface area contributed by atoms with Crippen LogP contribution in [0.2, 0.25) is 0 Å². The van der Waals surface area contributed by atoms with E-state index in [9.17, 15) is 8.42 Å². The van der Waals surface area contributed by atoms with Gasteiger partial charge in [-0.25, -0.2) is 0 Å². The standard InChI is InChI=1S/C11H21N5O3S/c1-9(2)11-13-10(14-19-11)8-12-20(17,18)16-6-4-15(3)5-7-16/h9,12H,4-8H2,1-3H3. The molecule has 0 saturated carbocycles. The molecule has 0 atom stereocenters. The maximum absolute atomic E-state index is 12.1. The van der Waals surface area contributed by atoms with E-state index in [4.69, 9.17) is 4.52 Å². The molecule has 1 aromatic rings. The maximum atomic E-state index is 12.1. The van der Waals surface area contributed by atoms with Crippen LogP contribution in [0.1, 0.15) is 31.5 Å². The van der Waals surface area contributed by atoms with Gasteiger partial charge in [-0.15, -0.1) is 0 Å². The molecule has 9 heteroatoms. The highest BCUT2D eigenvalue weighted by molar-refractivity contribution is 7.87. The van der Waals surface area contributed by atoms with Crippen LogP contribution in [0.4, 0.5) is 0 Å². The fourth-order valence-electron chi connectivity index (χ4n) is 1.85. The van der Waals surface area contributed by atoms with Crippen LogP contribution in [0, 0.1) is 0 Å². The second-order valence-corrected chi connectivity index (χ2v) is 6.99. The molecule has 20 heavy (non-hydrogen) atoms. The smallest absolute Gasteiger partial charge is 0.279 e. The summed E-state index contributed by atoms with van der Waals surface area (Å²) in [7, 11) is -1.50. The van der Waals surface area contributed by atoms with Crippen molar-refractivity contribution in [1.82, 2.24) is 24.1 Å². The lowest BCUT2D eigenvalue weighted by Gasteiger charge is -2.31. The molecule has 1 aromatic heterocycles. The first-order valence-corrected chi connectivity index (χ1v) is 8.08. The Kier molecular flexibility index (Phi) is 4.74. The molecule has 0 aromatic carbocycles. The molecule has 1 fully saturated rings. The van der Waals surface area contributed by atoms with Crippen LogP contribution in [-0.2, 0) is 16.8 Å². The summed E-state index contributed by atoms with van der Waals surface area (Å²) < 4.78 is 33.2. The van der Waals surface area contributed by atoms with Gasteiger partial charge in [0.25, 0.3) is 10.2 Å². The molecule has 1 aliphatic heterocycles. The van der Waals surface area contributed by atoms with Crippen molar-refractivity contribution in [3.8, 4) is 0 Å². The second-order valence-electron chi connectivity index (χ2n) is 5.23. The van der Waals surface area contributed by atoms with Gasteiger partial charge in [-0.05, 0) is 7.05 Å². The molecule has 1 saturated heterocycles. The highest BCUT2D eigenvalue weighted by Crippen LogP contribution is 2.11. The van der Waals surface area contributed by atoms with E-state index in [0.717, 1.165) is 13.1 Å². The topological polar surface area (TPSA) is 91.6 Å². The molecule has 2 rings (SSSR count). The highest BCUT2D eigenvalue weighted by atomic mass is 32.2. The number of nitrogens with zero attached hydrogens (tertiary/aromatic N) is 4. The monoisotopic (exact) mass is 303 g/mol. The molecule has 2 heterocycles. The summed E-state index contributed by atoms with van der Waals surface area (Å²) in [6.45, 7) is 6.38. The van der Waals surface area contributed by atoms with Gasteiger partial charge in [0, 0.05) is 32.1 Å². The Morgan fingerprint density at radius 3 is 2.50 bits per heavy atom. The van der Waals surface area contributed by atoms with Crippen molar-refractivity contribution in [3.05, 3.63) is 11.7 Å². The van der Waals surface area contributed by atoms with E-state index in [2.05, 4.69) is 19.8 Å². The van der Waals surface area contributed by atoms with Crippen molar-refractivity contribution in [3.63, 3.8) is 0 Å². The van der Waals surface area contributed by atoms with Crippen LogP contribution in [-0.4, -0.2) is 61.0 Å². The van der Waals surface area contributed by atoms with E-state index in [-0.39, 0.29) is 12.5 Å². The lowest BCUT2D eigenvalue weighted by atomic mass is 10.2. The number of likely N-dealkylation sites (N-methyl/N-ethyl adjacent to an activating group) is 1. The third-order valence-corrected chi connectivity index (χ3v) is 4.75. The summed E-state index contributed by atoms with van der Waals surface area (Å²) in [6.07, 6.45) is 0. The average molecular weight is 303 g/mol. The average Bonchev–Trinajstić information content (AvgIpc) is 2.86. The molecule has 1 N–H and O–H groups in total. The van der Waals surface area contributed by atoms with Gasteiger partial charge in [0.15, 0.2) is 5.82 Å². The van der Waals surface area contributed by atoms with E-state index in [0.29, 0.717) is 24.8 Å². The highest BCUT2D eigenvalue weighted by Gasteiger charge is 2.25. The quantitative estimate of drug-likeness (QED) is 0.808. The van der Waals surface area contributed by atoms with Gasteiger partial charge in [-0.2, -0.15) is 22.4 Å². The molecule has 0 unspecified atom stereocenters. The Labute approximate surface area is 119 Å². The van der Waals surface area contributed by atoms with E-state index in [1.807, 2.05) is 20.9 Å². The lowest BCUT2D eigenvalue weighted by Crippen LogP contribution is -2.50. The fourth-order valence-corrected chi connectivity index (χ4v) is 2.99. The van der Waals surface area contributed by atoms with Crippen LogP contribution >= 0.6 is 0 Å². The van der Waals surface area contributed by atoms with Crippen LogP contribution in [0.25, 0.3) is 0 Å². The van der Waals surface area contributed by atoms with Crippen molar-refractivity contribution >= 4 is 10.2 Å². The maximum Gasteiger partial charge on any atom is 0.279 e. The zero-order valence-electron chi connectivity index (χ0n) is 12.0. The predicted octanol–water partition coefficient (Wildman–Crippen LogP) is -0.225. The van der Waals surface area contributed by atoms with Crippen LogP contribution < -0.4 is 4.72 Å². The van der Waals surface area contributed by atoms with E-state index in [1.54, 1.807) is 0 Å². The number of hydrogen-bond acceptors (Lipinski definition) is 6. The Morgan fingerprint density at radius 2 is 1.95 bits per heavy atom. The molecular formula is C11H21N5O3S. The molecule has 0 bridgehead atoms. The number of nitrogens with one attached hydrogen (secondary N) is 1. The first kappa shape index (κ1) is 15.4. The van der Waals surface area contributed by atoms with Gasteiger partial charge in [-0.3, -0.25) is 0 Å². The summed E-state index contributed by atoms with van der Waals surface area (Å²) in [4.78, 5) is 6.24. The third-order valence-electron chi connectivity index (χ3n) is 3.19. The molecule has 0 amide bonds. The van der Waals surface area contributed by atoms with Crippen LogP contribution in [0.3, 0.4) is 0 Å². The van der Waals surface area contributed by atoms with Gasteiger partial charge >= 0.3 is 0 Å². The molecule has 0 aliphatic carbocycles. The van der Waals surface area contributed by atoms with E-state index < -0.39 is 10.2 Å². The minimum atomic E-state index is -3.48. The zero-order chi connectivity index (χ0) is 14.8. The van der Waals surface area contributed by atoms with Gasteiger partial charge in [0.2, 0.25) is 5.89 Å². The number of aromatic nitrogens is 2. The lowest BCUT2D eigenvalue weighted by molar-refractivity contribution is 0.220. The van der Waals surface area contributed by atoms with Crippen molar-refractivity contribution in [2.24, 2.45) is 0 Å². The minimum absolute atomic E-state index is 0.0465. The Hall–Kier alpha value is -1.03. The summed E-state index contributed by atoms with van der Waals surface area (Å²) in [5.41, 5.74) is 0. The Morgan fingerprint density at radius 1 is 1.30 bits per heavy atom. The molecule has 0 spiro atoms. The van der Waals surface area contributed by atoms with Crippen molar-refractivity contribution < 1.29 is 12.9 Å². The Bertz CT molecular complexity index is 534. The first-order valence-electron chi connectivity index (χ1n) is 6.64. The minimum Gasteiger partial charge on any atom is -0.339 e. The summed E-state index contributed by atoms with van der Waals surface area (Å²) in [5, 5.41) is 3.76. The number of piperazine rings is 1. The van der Waals surface area contributed by atoms with Gasteiger partial charge in [0.05, 0.1) is 6.54 Å². The fraction of sp³-hybridized carbons (Fsp3) is 0.818. The second kappa shape index (κ2) is 6.17. The zero-order valence-corrected chi connectivity index (χ0v) is 12.9. The Balaban J connectivity index is 1.91. The summed E-state index contributed by atoms with van der Waals surface area (Å²) >= 11 is 0. The van der Waals surface area contributed by atoms with E-state index in [1.165, 1.54) is 4.31 Å². The molecule has 114 valence electrons. The van der Waals surface area contributed by atoms with Crippen molar-refractivity contribution in [2.45, 2.75) is 26.3 Å². The van der Waals surface area contributed by atoms with Gasteiger partial charge in [-0.1, -0.05) is 19.0 Å². The predicted molar refractivity (Wildman–Crippen MR) is 73.2 cm³/mol. The van der Waals surface area contributed by atoms with Crippen LogP contribution in [0.15, 0.2) is 4.52 Å². The summed E-state index contributed by atoms with van der Waals surface area (Å²) in [6, 6.07) is 0. The van der Waals surface area contributed by atoms with Crippen molar-refractivity contribution in [2.75, 3.05) is 33.2 Å².